The Morgan fingerprint density at radius 2 is 1.02 bits per heavy atom. The van der Waals surface area contributed by atoms with Gasteiger partial charge in [0.1, 0.15) is 22.6 Å². The molecule has 5 aromatic heterocycles. The molecule has 0 unspecified atom stereocenters. The summed E-state index contributed by atoms with van der Waals surface area (Å²) in [4.78, 5) is 47.6. The molecule has 3 N–H and O–H groups in total. The molecule has 0 aliphatic heterocycles. The van der Waals surface area contributed by atoms with Crippen LogP contribution in [0, 0.1) is 13.8 Å². The number of aromatic nitrogens is 5. The number of esters is 2. The summed E-state index contributed by atoms with van der Waals surface area (Å²) in [5.74, 6) is -0.685. The van der Waals surface area contributed by atoms with Crippen molar-refractivity contribution in [1.82, 2.24) is 24.9 Å². The van der Waals surface area contributed by atoms with Crippen molar-refractivity contribution < 1.29 is 19.1 Å². The molecular formula is C44H55N5O4. The van der Waals surface area contributed by atoms with Gasteiger partial charge in [0.2, 0.25) is 0 Å². The molecule has 0 saturated carbocycles. The molecule has 6 aromatic rings. The van der Waals surface area contributed by atoms with Gasteiger partial charge in [-0.3, -0.25) is 9.97 Å². The fraction of sp³-hybridized carbons (Fsp3) is 0.455. The van der Waals surface area contributed by atoms with Crippen LogP contribution in [0.4, 0.5) is 0 Å². The summed E-state index contributed by atoms with van der Waals surface area (Å²) < 4.78 is 11.7. The van der Waals surface area contributed by atoms with Crippen molar-refractivity contribution in [2.45, 2.75) is 132 Å². The van der Waals surface area contributed by atoms with Crippen LogP contribution < -0.4 is 0 Å². The first-order valence-corrected chi connectivity index (χ1v) is 19.1. The molecular weight excluding hydrogens is 663 g/mol. The number of carbonyl (C=O) groups excluding carboxylic acids is 2. The number of pyridine rings is 2. The van der Waals surface area contributed by atoms with Gasteiger partial charge in [0.15, 0.2) is 0 Å². The molecule has 5 heterocycles. The van der Waals surface area contributed by atoms with Crippen LogP contribution in [-0.2, 0) is 35.2 Å². The summed E-state index contributed by atoms with van der Waals surface area (Å²) in [6.07, 6.45) is 10.5. The smallest absolute Gasteiger partial charge is 0.355 e. The van der Waals surface area contributed by atoms with E-state index in [1.807, 2.05) is 79.9 Å². The van der Waals surface area contributed by atoms with Gasteiger partial charge in [-0.15, -0.1) is 0 Å². The monoisotopic (exact) mass is 717 g/mol. The van der Waals surface area contributed by atoms with Crippen molar-refractivity contribution in [3.8, 4) is 0 Å². The van der Waals surface area contributed by atoms with E-state index >= 15 is 0 Å². The minimum absolute atomic E-state index is 0.342. The van der Waals surface area contributed by atoms with Crippen molar-refractivity contribution in [3.05, 3.63) is 93.1 Å². The zero-order chi connectivity index (χ0) is 38.2. The molecule has 0 aliphatic carbocycles. The summed E-state index contributed by atoms with van der Waals surface area (Å²) in [5, 5.41) is 4.20. The minimum Gasteiger partial charge on any atom is -0.455 e. The van der Waals surface area contributed by atoms with E-state index < -0.39 is 11.2 Å². The maximum atomic E-state index is 13.5. The van der Waals surface area contributed by atoms with E-state index in [0.29, 0.717) is 24.2 Å². The second-order valence-electron chi connectivity index (χ2n) is 16.4. The van der Waals surface area contributed by atoms with Crippen LogP contribution in [0.1, 0.15) is 147 Å². The molecule has 0 saturated heterocycles. The zero-order valence-corrected chi connectivity index (χ0v) is 33.1. The number of benzene rings is 1. The van der Waals surface area contributed by atoms with Gasteiger partial charge in [-0.1, -0.05) is 38.8 Å². The van der Waals surface area contributed by atoms with Gasteiger partial charge in [0, 0.05) is 69.6 Å². The van der Waals surface area contributed by atoms with Crippen molar-refractivity contribution in [3.63, 3.8) is 0 Å². The van der Waals surface area contributed by atoms with E-state index in [1.165, 1.54) is 0 Å². The third kappa shape index (κ3) is 7.75. The van der Waals surface area contributed by atoms with Crippen LogP contribution in [0.15, 0.2) is 36.7 Å². The van der Waals surface area contributed by atoms with Crippen molar-refractivity contribution in [2.24, 2.45) is 0 Å². The fourth-order valence-electron chi connectivity index (χ4n) is 7.56. The van der Waals surface area contributed by atoms with E-state index in [9.17, 15) is 9.59 Å². The van der Waals surface area contributed by atoms with Crippen molar-refractivity contribution >= 4 is 44.5 Å². The summed E-state index contributed by atoms with van der Waals surface area (Å²) >= 11 is 0. The Kier molecular flexibility index (Phi) is 10.6. The van der Waals surface area contributed by atoms with Gasteiger partial charge in [0.25, 0.3) is 0 Å². The highest BCUT2D eigenvalue weighted by atomic mass is 16.6. The first-order chi connectivity index (χ1) is 25.1. The number of ether oxygens (including phenoxy) is 2. The Morgan fingerprint density at radius 3 is 1.38 bits per heavy atom. The molecule has 280 valence electrons. The lowest BCUT2D eigenvalue weighted by molar-refractivity contribution is 0.00501. The molecule has 6 rings (SSSR count). The molecule has 0 spiro atoms. The summed E-state index contributed by atoms with van der Waals surface area (Å²) in [6, 6.07) is 8.19. The van der Waals surface area contributed by atoms with E-state index in [1.54, 1.807) is 0 Å². The van der Waals surface area contributed by atoms with Crippen LogP contribution in [-0.4, -0.2) is 48.1 Å². The van der Waals surface area contributed by atoms with Gasteiger partial charge < -0.3 is 24.4 Å². The number of carbonyl (C=O) groups is 2. The van der Waals surface area contributed by atoms with Crippen LogP contribution in [0.25, 0.3) is 32.6 Å². The maximum Gasteiger partial charge on any atom is 0.355 e. The molecule has 0 aliphatic rings. The first kappa shape index (κ1) is 37.8. The maximum absolute atomic E-state index is 13.5. The average molecular weight is 718 g/mol. The highest BCUT2D eigenvalue weighted by Crippen LogP contribution is 2.40. The lowest BCUT2D eigenvalue weighted by atomic mass is 9.96. The van der Waals surface area contributed by atoms with Crippen LogP contribution in [0.5, 0.6) is 0 Å². The fourth-order valence-corrected chi connectivity index (χ4v) is 7.56. The third-order valence-electron chi connectivity index (χ3n) is 9.94. The molecule has 9 nitrogen and oxygen atoms in total. The Morgan fingerprint density at radius 1 is 0.623 bits per heavy atom. The van der Waals surface area contributed by atoms with E-state index in [4.69, 9.17) is 19.4 Å². The summed E-state index contributed by atoms with van der Waals surface area (Å²) in [5.41, 5.74) is 9.74. The molecule has 9 heteroatoms. The lowest BCUT2D eigenvalue weighted by Gasteiger charge is -2.19. The quantitative estimate of drug-likeness (QED) is 0.0855. The highest BCUT2D eigenvalue weighted by molar-refractivity contribution is 6.24. The molecule has 0 bridgehead atoms. The SMILES string of the molecule is CCCCc1c(Cc2[nH]c(Cc3[nH]c(C(=O)OC(C)(C)C)c(C)c3CCCC)c3c4cccnc4c4ncccc4c23)[nH]c(C(=O)OC(C)(C)C)c1C. The second-order valence-corrected chi connectivity index (χ2v) is 16.4. The van der Waals surface area contributed by atoms with Gasteiger partial charge in [-0.05, 0) is 115 Å². The highest BCUT2D eigenvalue weighted by Gasteiger charge is 2.28. The number of H-pyrrole nitrogens is 3. The van der Waals surface area contributed by atoms with Crippen LogP contribution in [0.3, 0.4) is 0 Å². The number of rotatable bonds is 12. The molecule has 53 heavy (non-hydrogen) atoms. The number of nitrogens with zero attached hydrogens (tertiary/aromatic N) is 2. The number of hydrogen-bond acceptors (Lipinski definition) is 6. The third-order valence-corrected chi connectivity index (χ3v) is 9.94. The number of unbranched alkanes of at least 4 members (excludes halogenated alkanes) is 2. The first-order valence-electron chi connectivity index (χ1n) is 19.1. The van der Waals surface area contributed by atoms with Gasteiger partial charge >= 0.3 is 11.9 Å². The number of aromatic amines is 3. The van der Waals surface area contributed by atoms with Gasteiger partial charge in [-0.2, -0.15) is 0 Å². The van der Waals surface area contributed by atoms with Crippen LogP contribution in [0.2, 0.25) is 0 Å². The van der Waals surface area contributed by atoms with Crippen molar-refractivity contribution in [2.75, 3.05) is 0 Å². The number of fused-ring (bicyclic) bond motifs is 6. The Labute approximate surface area is 312 Å². The second kappa shape index (κ2) is 14.8. The number of nitrogens with one attached hydrogen (secondary N) is 3. The van der Waals surface area contributed by atoms with E-state index in [-0.39, 0.29) is 11.9 Å². The molecule has 0 atom stereocenters. The predicted octanol–water partition coefficient (Wildman–Crippen LogP) is 10.3. The molecule has 0 radical (unpaired) electrons. The molecule has 0 fully saturated rings. The number of hydrogen-bond donors (Lipinski definition) is 3. The topological polar surface area (TPSA) is 126 Å². The molecule has 1 aromatic carbocycles. The van der Waals surface area contributed by atoms with Crippen molar-refractivity contribution in [1.29, 1.82) is 0 Å². The van der Waals surface area contributed by atoms with E-state index in [2.05, 4.69) is 40.9 Å². The van der Waals surface area contributed by atoms with E-state index in [0.717, 1.165) is 116 Å². The Balaban J connectivity index is 1.57. The lowest BCUT2D eigenvalue weighted by Crippen LogP contribution is -2.24. The van der Waals surface area contributed by atoms with Gasteiger partial charge in [0.05, 0.1) is 11.0 Å². The summed E-state index contributed by atoms with van der Waals surface area (Å²) in [7, 11) is 0. The van der Waals surface area contributed by atoms with Crippen LogP contribution >= 0.6 is 0 Å². The normalized spacial score (nSPS) is 12.3. The largest absolute Gasteiger partial charge is 0.455 e. The Hall–Kier alpha value is -4.92. The Bertz CT molecular complexity index is 2150. The van der Waals surface area contributed by atoms with Gasteiger partial charge in [-0.25, -0.2) is 9.59 Å². The summed E-state index contributed by atoms with van der Waals surface area (Å²) in [6.45, 7) is 19.8. The standard InChI is InChI=1S/C44H55N5O4/c1-11-13-17-27-25(3)37(41(50)52-43(5,6)7)48-31(27)23-33-35-29-19-15-21-45-39(29)40-30(20-16-22-46-40)36(35)34(47-33)24-32-28(18-14-12-2)26(4)38(49-32)42(51)53-44(8,9)10/h15-16,19-22,47-49H,11-14,17-18,23-24H2,1-10H3. The molecule has 0 amide bonds. The predicted molar refractivity (Wildman–Crippen MR) is 213 cm³/mol. The average Bonchev–Trinajstić information content (AvgIpc) is 3.72. The minimum atomic E-state index is -0.612. The zero-order valence-electron chi connectivity index (χ0n) is 33.1.